The van der Waals surface area contributed by atoms with Crippen molar-refractivity contribution in [2.45, 2.75) is 39.5 Å². The van der Waals surface area contributed by atoms with E-state index in [1.54, 1.807) is 11.9 Å². The van der Waals surface area contributed by atoms with E-state index in [1.165, 1.54) is 0 Å². The van der Waals surface area contributed by atoms with Crippen LogP contribution >= 0.6 is 0 Å². The van der Waals surface area contributed by atoms with Gasteiger partial charge in [0.2, 0.25) is 5.91 Å². The van der Waals surface area contributed by atoms with Crippen LogP contribution in [-0.4, -0.2) is 18.7 Å². The second-order valence-corrected chi connectivity index (χ2v) is 5.35. The van der Waals surface area contributed by atoms with Gasteiger partial charge < -0.3 is 4.90 Å². The summed E-state index contributed by atoms with van der Waals surface area (Å²) in [6, 6.07) is 5.72. The van der Waals surface area contributed by atoms with Gasteiger partial charge in [-0.1, -0.05) is 20.3 Å². The van der Waals surface area contributed by atoms with E-state index in [9.17, 15) is 9.59 Å². The molecule has 0 spiro atoms. The first-order valence-corrected chi connectivity index (χ1v) is 6.98. The molecule has 1 unspecified atom stereocenters. The zero-order chi connectivity index (χ0) is 14.0. The smallest absolute Gasteiger partial charge is 0.227 e. The molecule has 19 heavy (non-hydrogen) atoms. The van der Waals surface area contributed by atoms with Gasteiger partial charge in [-0.2, -0.15) is 0 Å². The van der Waals surface area contributed by atoms with Crippen LogP contribution in [0.1, 0.15) is 49.0 Å². The van der Waals surface area contributed by atoms with Crippen molar-refractivity contribution in [3.05, 3.63) is 29.3 Å². The molecule has 0 bridgehead atoms. The summed E-state index contributed by atoms with van der Waals surface area (Å²) in [5, 5.41) is 0. The zero-order valence-corrected chi connectivity index (χ0v) is 11.9. The van der Waals surface area contributed by atoms with Gasteiger partial charge in [-0.25, -0.2) is 0 Å². The Kier molecular flexibility index (Phi) is 4.03. The Labute approximate surface area is 114 Å². The van der Waals surface area contributed by atoms with E-state index in [4.69, 9.17) is 0 Å². The molecule has 102 valence electrons. The summed E-state index contributed by atoms with van der Waals surface area (Å²) in [4.78, 5) is 25.6. The van der Waals surface area contributed by atoms with Crippen LogP contribution in [0.25, 0.3) is 0 Å². The molecular weight excluding hydrogens is 238 g/mol. The molecule has 3 nitrogen and oxygen atoms in total. The highest BCUT2D eigenvalue weighted by Gasteiger charge is 2.22. The van der Waals surface area contributed by atoms with Gasteiger partial charge in [-0.15, -0.1) is 0 Å². The summed E-state index contributed by atoms with van der Waals surface area (Å²) in [5.74, 6) is 0.432. The van der Waals surface area contributed by atoms with E-state index >= 15 is 0 Å². The van der Waals surface area contributed by atoms with Gasteiger partial charge in [0.1, 0.15) is 0 Å². The monoisotopic (exact) mass is 259 g/mol. The number of carbonyl (C=O) groups excluding carboxylic acids is 2. The third-order valence-corrected chi connectivity index (χ3v) is 3.88. The number of nitrogens with zero attached hydrogens (tertiary/aromatic N) is 1. The summed E-state index contributed by atoms with van der Waals surface area (Å²) < 4.78 is 0. The Balaban J connectivity index is 2.27. The molecule has 1 heterocycles. The van der Waals surface area contributed by atoms with Gasteiger partial charge in [0, 0.05) is 30.6 Å². The molecule has 0 radical (unpaired) electrons. The van der Waals surface area contributed by atoms with Crippen LogP contribution in [0.2, 0.25) is 0 Å². The number of Topliss-reactive ketones (excluding diaryl/α,β-unsaturated/α-hetero) is 1. The van der Waals surface area contributed by atoms with Crippen molar-refractivity contribution in [2.75, 3.05) is 11.9 Å². The van der Waals surface area contributed by atoms with E-state index in [-0.39, 0.29) is 17.6 Å². The Hall–Kier alpha value is -1.64. The predicted molar refractivity (Wildman–Crippen MR) is 76.6 cm³/mol. The second-order valence-electron chi connectivity index (χ2n) is 5.35. The largest absolute Gasteiger partial charge is 0.315 e. The van der Waals surface area contributed by atoms with Crippen molar-refractivity contribution in [1.29, 1.82) is 0 Å². The quantitative estimate of drug-likeness (QED) is 0.779. The molecule has 0 aliphatic carbocycles. The summed E-state index contributed by atoms with van der Waals surface area (Å²) >= 11 is 0. The maximum absolute atomic E-state index is 12.3. The number of ketones is 1. The third kappa shape index (κ3) is 2.70. The minimum absolute atomic E-state index is 0.0750. The number of carbonyl (C=O) groups is 2. The Morgan fingerprint density at radius 2 is 2.11 bits per heavy atom. The van der Waals surface area contributed by atoms with E-state index in [1.807, 2.05) is 25.1 Å². The van der Waals surface area contributed by atoms with E-state index in [0.717, 1.165) is 36.1 Å². The maximum Gasteiger partial charge on any atom is 0.227 e. The molecule has 1 atom stereocenters. The van der Waals surface area contributed by atoms with Crippen LogP contribution in [0.15, 0.2) is 18.2 Å². The van der Waals surface area contributed by atoms with E-state index in [0.29, 0.717) is 6.42 Å². The number of anilines is 1. The lowest BCUT2D eigenvalue weighted by atomic mass is 9.92. The Bertz CT molecular complexity index is 507. The van der Waals surface area contributed by atoms with Gasteiger partial charge in [0.25, 0.3) is 0 Å². The second kappa shape index (κ2) is 5.55. The molecule has 0 saturated heterocycles. The molecular formula is C16H21NO2. The lowest BCUT2D eigenvalue weighted by Gasteiger charge is -2.26. The topological polar surface area (TPSA) is 37.4 Å². The first-order valence-electron chi connectivity index (χ1n) is 6.98. The molecule has 1 aromatic rings. The molecule has 2 rings (SSSR count). The molecule has 1 aliphatic rings. The van der Waals surface area contributed by atoms with Gasteiger partial charge in [0.15, 0.2) is 5.78 Å². The van der Waals surface area contributed by atoms with Crippen LogP contribution in [0.4, 0.5) is 5.69 Å². The van der Waals surface area contributed by atoms with Crippen LogP contribution in [0.5, 0.6) is 0 Å². The highest BCUT2D eigenvalue weighted by atomic mass is 16.2. The van der Waals surface area contributed by atoms with Crippen LogP contribution in [-0.2, 0) is 11.2 Å². The van der Waals surface area contributed by atoms with Crippen molar-refractivity contribution in [3.8, 4) is 0 Å². The summed E-state index contributed by atoms with van der Waals surface area (Å²) in [7, 11) is 1.79. The van der Waals surface area contributed by atoms with Crippen molar-refractivity contribution in [1.82, 2.24) is 0 Å². The number of benzene rings is 1. The molecule has 0 aromatic heterocycles. The van der Waals surface area contributed by atoms with Gasteiger partial charge in [-0.3, -0.25) is 9.59 Å². The average molecular weight is 259 g/mol. The predicted octanol–water partition coefficient (Wildman–Crippen LogP) is 3.21. The van der Waals surface area contributed by atoms with Crippen LogP contribution in [0.3, 0.4) is 0 Å². The number of aryl methyl sites for hydroxylation is 1. The third-order valence-electron chi connectivity index (χ3n) is 3.88. The normalized spacial score (nSPS) is 16.2. The fourth-order valence-electron chi connectivity index (χ4n) is 2.66. The average Bonchev–Trinajstić information content (AvgIpc) is 2.42. The molecule has 3 heteroatoms. The molecule has 0 fully saturated rings. The van der Waals surface area contributed by atoms with Crippen molar-refractivity contribution >= 4 is 17.4 Å². The number of hydrogen-bond donors (Lipinski definition) is 0. The summed E-state index contributed by atoms with van der Waals surface area (Å²) in [6.45, 7) is 4.08. The highest BCUT2D eigenvalue weighted by molar-refractivity contribution is 6.00. The molecule has 0 saturated carbocycles. The van der Waals surface area contributed by atoms with Crippen molar-refractivity contribution < 1.29 is 9.59 Å². The lowest BCUT2D eigenvalue weighted by molar-refractivity contribution is -0.118. The van der Waals surface area contributed by atoms with E-state index < -0.39 is 0 Å². The van der Waals surface area contributed by atoms with Crippen LogP contribution < -0.4 is 4.90 Å². The van der Waals surface area contributed by atoms with Crippen LogP contribution in [0, 0.1) is 5.92 Å². The van der Waals surface area contributed by atoms with Gasteiger partial charge in [0.05, 0.1) is 0 Å². The lowest BCUT2D eigenvalue weighted by Crippen LogP contribution is -2.31. The minimum Gasteiger partial charge on any atom is -0.315 e. The molecule has 1 aliphatic heterocycles. The van der Waals surface area contributed by atoms with Gasteiger partial charge >= 0.3 is 0 Å². The van der Waals surface area contributed by atoms with E-state index in [2.05, 4.69) is 6.92 Å². The number of fused-ring (bicyclic) bond motifs is 1. The maximum atomic E-state index is 12.3. The zero-order valence-electron chi connectivity index (χ0n) is 11.9. The standard InChI is InChI=1S/C16H21NO2/c1-4-5-11(2)16(19)13-6-8-14-12(10-13)7-9-15(18)17(14)3/h6,8,10-11H,4-5,7,9H2,1-3H3. The fraction of sp³-hybridized carbons (Fsp3) is 0.500. The van der Waals surface area contributed by atoms with Crippen molar-refractivity contribution in [3.63, 3.8) is 0 Å². The molecule has 0 N–H and O–H groups in total. The Morgan fingerprint density at radius 1 is 1.37 bits per heavy atom. The SMILES string of the molecule is CCCC(C)C(=O)c1ccc2c(c1)CCC(=O)N2C. The highest BCUT2D eigenvalue weighted by Crippen LogP contribution is 2.28. The summed E-state index contributed by atoms with van der Waals surface area (Å²) in [5.41, 5.74) is 2.83. The minimum atomic E-state index is 0.0750. The van der Waals surface area contributed by atoms with Crippen molar-refractivity contribution in [2.24, 2.45) is 5.92 Å². The number of rotatable bonds is 4. The summed E-state index contributed by atoms with van der Waals surface area (Å²) in [6.07, 6.45) is 3.22. The van der Waals surface area contributed by atoms with Gasteiger partial charge in [-0.05, 0) is 36.6 Å². The number of hydrogen-bond acceptors (Lipinski definition) is 2. The first-order chi connectivity index (χ1) is 9.04. The first kappa shape index (κ1) is 13.8. The molecule has 1 aromatic carbocycles. The Morgan fingerprint density at radius 3 is 2.79 bits per heavy atom. The molecule has 1 amide bonds. The fourth-order valence-corrected chi connectivity index (χ4v) is 2.66. The number of amides is 1.